The molecule has 1 atom stereocenters. The summed E-state index contributed by atoms with van der Waals surface area (Å²) in [5, 5.41) is 12.9. The average molecular weight is 379 g/mol. The molecule has 0 radical (unpaired) electrons. The molecule has 2 N–H and O–H groups in total. The van der Waals surface area contributed by atoms with Gasteiger partial charge in [-0.15, -0.1) is 0 Å². The highest BCUT2D eigenvalue weighted by atomic mass is 35.5. The van der Waals surface area contributed by atoms with Gasteiger partial charge in [-0.1, -0.05) is 11.6 Å². The first-order valence-electron chi connectivity index (χ1n) is 8.58. The lowest BCUT2D eigenvalue weighted by molar-refractivity contribution is 0.143. The van der Waals surface area contributed by atoms with Crippen LogP contribution in [0.15, 0.2) is 17.1 Å². The molecule has 2 aromatic heterocycles. The van der Waals surface area contributed by atoms with Crippen molar-refractivity contribution in [3.05, 3.63) is 27.5 Å². The first-order valence-corrected chi connectivity index (χ1v) is 8.96. The van der Waals surface area contributed by atoms with Gasteiger partial charge in [-0.2, -0.15) is 0 Å². The van der Waals surface area contributed by atoms with Crippen LogP contribution in [0.25, 0.3) is 11.0 Å². The molecule has 0 spiro atoms. The van der Waals surface area contributed by atoms with Crippen LogP contribution < -0.4 is 20.4 Å². The normalized spacial score (nSPS) is 20.4. The van der Waals surface area contributed by atoms with E-state index < -0.39 is 11.6 Å². The summed E-state index contributed by atoms with van der Waals surface area (Å²) in [5.41, 5.74) is -0.00486. The third-order valence-corrected chi connectivity index (χ3v) is 4.99. The van der Waals surface area contributed by atoms with Crippen molar-refractivity contribution in [2.75, 3.05) is 24.5 Å². The maximum atomic E-state index is 12.6. The number of hydrogen-bond acceptors (Lipinski definition) is 6. The van der Waals surface area contributed by atoms with Gasteiger partial charge in [0, 0.05) is 31.7 Å². The number of ether oxygens (including phenoxy) is 1. The number of halogens is 1. The number of hydrogen-bond donors (Lipinski definition) is 2. The lowest BCUT2D eigenvalue weighted by Crippen LogP contribution is -2.49. The lowest BCUT2D eigenvalue weighted by Gasteiger charge is -2.33. The maximum absolute atomic E-state index is 12.6. The monoisotopic (exact) mass is 378 g/mol. The van der Waals surface area contributed by atoms with E-state index in [4.69, 9.17) is 21.7 Å². The lowest BCUT2D eigenvalue weighted by atomic mass is 10.2. The fourth-order valence-electron chi connectivity index (χ4n) is 3.36. The Balaban J connectivity index is 1.88. The van der Waals surface area contributed by atoms with Crippen LogP contribution in [-0.4, -0.2) is 46.5 Å². The topological polar surface area (TPSA) is 96.7 Å². The van der Waals surface area contributed by atoms with E-state index in [1.54, 1.807) is 6.07 Å². The molecule has 4 rings (SSSR count). The van der Waals surface area contributed by atoms with Gasteiger partial charge >= 0.3 is 6.16 Å². The fraction of sp³-hybridized carbons (Fsp3) is 0.471. The second kappa shape index (κ2) is 6.44. The molecule has 26 heavy (non-hydrogen) atoms. The molecule has 0 amide bonds. The van der Waals surface area contributed by atoms with Crippen molar-refractivity contribution in [1.82, 2.24) is 14.9 Å². The van der Waals surface area contributed by atoms with E-state index in [1.165, 1.54) is 6.20 Å². The van der Waals surface area contributed by atoms with Gasteiger partial charge in [-0.3, -0.25) is 4.79 Å². The molecule has 1 aliphatic carbocycles. The van der Waals surface area contributed by atoms with Crippen molar-refractivity contribution in [3.63, 3.8) is 0 Å². The van der Waals surface area contributed by atoms with E-state index in [1.807, 2.05) is 4.57 Å². The Kier molecular flexibility index (Phi) is 4.24. The molecule has 1 aliphatic heterocycles. The molecule has 2 fully saturated rings. The van der Waals surface area contributed by atoms with Crippen LogP contribution >= 0.6 is 11.6 Å². The first-order chi connectivity index (χ1) is 12.4. The van der Waals surface area contributed by atoms with Gasteiger partial charge in [0.2, 0.25) is 5.43 Å². The third kappa shape index (κ3) is 3.10. The predicted octanol–water partition coefficient (Wildman–Crippen LogP) is 2.24. The number of nitrogens with zero attached hydrogens (tertiary/aromatic N) is 3. The standard InChI is InChI=1S/C17H19ClN4O4/c1-9-7-21(5-4-19-9)16-12(18)6-11-14(23)13(26-17(24)25)8-22(10-2-3-10)15(11)20-16/h6,8-10,19H,2-5,7H2,1H3,(H,24,25). The SMILES string of the molecule is CC1CN(c2nc3c(cc2Cl)c(=O)c(OC(=O)O)cn3C2CC2)CCN1. The Morgan fingerprint density at radius 2 is 2.23 bits per heavy atom. The molecule has 1 saturated carbocycles. The van der Waals surface area contributed by atoms with Crippen LogP contribution in [0, 0.1) is 0 Å². The van der Waals surface area contributed by atoms with Gasteiger partial charge in [-0.05, 0) is 25.8 Å². The second-order valence-corrected chi connectivity index (χ2v) is 7.20. The van der Waals surface area contributed by atoms with Gasteiger partial charge in [0.15, 0.2) is 5.75 Å². The Hall–Kier alpha value is -2.32. The van der Waals surface area contributed by atoms with Crippen molar-refractivity contribution in [2.45, 2.75) is 31.8 Å². The molecular formula is C17H19ClN4O4. The summed E-state index contributed by atoms with van der Waals surface area (Å²) in [6.07, 6.45) is 1.83. The number of rotatable bonds is 3. The van der Waals surface area contributed by atoms with E-state index in [9.17, 15) is 9.59 Å². The molecule has 138 valence electrons. The molecular weight excluding hydrogens is 360 g/mol. The van der Waals surface area contributed by atoms with Crippen LogP contribution in [0.5, 0.6) is 5.75 Å². The highest BCUT2D eigenvalue weighted by Crippen LogP contribution is 2.38. The van der Waals surface area contributed by atoms with Crippen molar-refractivity contribution in [2.24, 2.45) is 0 Å². The number of carbonyl (C=O) groups is 1. The van der Waals surface area contributed by atoms with E-state index >= 15 is 0 Å². The Labute approximate surface area is 154 Å². The summed E-state index contributed by atoms with van der Waals surface area (Å²) in [6, 6.07) is 2.08. The summed E-state index contributed by atoms with van der Waals surface area (Å²) >= 11 is 6.43. The van der Waals surface area contributed by atoms with Crippen molar-refractivity contribution in [3.8, 4) is 5.75 Å². The molecule has 2 aliphatic rings. The smallest absolute Gasteiger partial charge is 0.449 e. The van der Waals surface area contributed by atoms with Crippen LogP contribution in [0.1, 0.15) is 25.8 Å². The molecule has 3 heterocycles. The van der Waals surface area contributed by atoms with Crippen LogP contribution in [-0.2, 0) is 0 Å². The number of pyridine rings is 2. The van der Waals surface area contributed by atoms with E-state index in [0.29, 0.717) is 22.5 Å². The highest BCUT2D eigenvalue weighted by Gasteiger charge is 2.28. The number of piperazine rings is 1. The minimum absolute atomic E-state index is 0.192. The summed E-state index contributed by atoms with van der Waals surface area (Å²) in [4.78, 5) is 30.3. The molecule has 2 aromatic rings. The van der Waals surface area contributed by atoms with Crippen LogP contribution in [0.2, 0.25) is 5.02 Å². The molecule has 1 unspecified atom stereocenters. The molecule has 0 bridgehead atoms. The summed E-state index contributed by atoms with van der Waals surface area (Å²) in [6.45, 7) is 4.47. The van der Waals surface area contributed by atoms with Crippen LogP contribution in [0.4, 0.5) is 10.6 Å². The quantitative estimate of drug-likeness (QED) is 0.790. The zero-order valence-corrected chi connectivity index (χ0v) is 15.0. The van der Waals surface area contributed by atoms with Crippen molar-refractivity contribution in [1.29, 1.82) is 0 Å². The van der Waals surface area contributed by atoms with E-state index in [2.05, 4.69) is 21.9 Å². The molecule has 0 aromatic carbocycles. The molecule has 9 heteroatoms. The Morgan fingerprint density at radius 3 is 2.88 bits per heavy atom. The zero-order chi connectivity index (χ0) is 18.4. The number of aromatic nitrogens is 2. The summed E-state index contributed by atoms with van der Waals surface area (Å²) in [7, 11) is 0. The van der Waals surface area contributed by atoms with Gasteiger partial charge in [0.25, 0.3) is 0 Å². The highest BCUT2D eigenvalue weighted by molar-refractivity contribution is 6.33. The fourth-order valence-corrected chi connectivity index (χ4v) is 3.63. The zero-order valence-electron chi connectivity index (χ0n) is 14.2. The maximum Gasteiger partial charge on any atom is 0.511 e. The molecule has 1 saturated heterocycles. The predicted molar refractivity (Wildman–Crippen MR) is 97.6 cm³/mol. The summed E-state index contributed by atoms with van der Waals surface area (Å²) < 4.78 is 6.50. The van der Waals surface area contributed by atoms with E-state index in [-0.39, 0.29) is 17.2 Å². The average Bonchev–Trinajstić information content (AvgIpc) is 3.42. The van der Waals surface area contributed by atoms with E-state index in [0.717, 1.165) is 32.5 Å². The number of carboxylic acid groups (broad SMARTS) is 1. The summed E-state index contributed by atoms with van der Waals surface area (Å²) in [5.74, 6) is 0.423. The number of anilines is 1. The van der Waals surface area contributed by atoms with Gasteiger partial charge in [0.05, 0.1) is 16.6 Å². The van der Waals surface area contributed by atoms with Crippen molar-refractivity contribution < 1.29 is 14.6 Å². The first kappa shape index (κ1) is 17.1. The minimum Gasteiger partial charge on any atom is -0.449 e. The Morgan fingerprint density at radius 1 is 1.46 bits per heavy atom. The minimum atomic E-state index is -1.52. The Bertz CT molecular complexity index is 940. The second-order valence-electron chi connectivity index (χ2n) is 6.80. The van der Waals surface area contributed by atoms with Gasteiger partial charge < -0.3 is 24.6 Å². The van der Waals surface area contributed by atoms with Gasteiger partial charge in [0.1, 0.15) is 11.5 Å². The number of fused-ring (bicyclic) bond motifs is 1. The third-order valence-electron chi connectivity index (χ3n) is 4.71. The molecule has 8 nitrogen and oxygen atoms in total. The van der Waals surface area contributed by atoms with Gasteiger partial charge in [-0.25, -0.2) is 9.78 Å². The largest absolute Gasteiger partial charge is 0.511 e. The van der Waals surface area contributed by atoms with Crippen LogP contribution in [0.3, 0.4) is 0 Å². The number of nitrogens with one attached hydrogen (secondary N) is 1. The van der Waals surface area contributed by atoms with Crippen molar-refractivity contribution >= 4 is 34.6 Å².